The molecule has 1 aromatic rings. The largest absolute Gasteiger partial charge is 0.351 e. The number of carbonyl (C=O) groups is 2. The Kier molecular flexibility index (Phi) is 4.96. The molecule has 2 rings (SSSR count). The van der Waals surface area contributed by atoms with E-state index < -0.39 is 0 Å². The molecule has 19 heavy (non-hydrogen) atoms. The average molecular weight is 280 g/mol. The molecule has 1 aromatic heterocycles. The third kappa shape index (κ3) is 3.80. The Labute approximate surface area is 117 Å². The standard InChI is InChI=1S/C14H20N2O2S/c1-11-4-2-3-8-16(11)13(17)5-7-15-14(18)12-6-9-19-10-12/h6,9-11H,2-5,7-8H2,1H3,(H,15,18). The number of piperidine rings is 1. The minimum atomic E-state index is -0.0965. The van der Waals surface area contributed by atoms with Gasteiger partial charge in [-0.05, 0) is 37.6 Å². The summed E-state index contributed by atoms with van der Waals surface area (Å²) in [6.45, 7) is 3.37. The zero-order valence-electron chi connectivity index (χ0n) is 11.2. The van der Waals surface area contributed by atoms with Crippen LogP contribution in [0.25, 0.3) is 0 Å². The molecule has 0 saturated carbocycles. The lowest BCUT2D eigenvalue weighted by molar-refractivity contribution is -0.134. The van der Waals surface area contributed by atoms with Crippen molar-refractivity contribution in [2.45, 2.75) is 38.6 Å². The summed E-state index contributed by atoms with van der Waals surface area (Å²) in [5.74, 6) is 0.0542. The van der Waals surface area contributed by atoms with E-state index in [1.165, 1.54) is 17.8 Å². The smallest absolute Gasteiger partial charge is 0.252 e. The first-order valence-electron chi connectivity index (χ1n) is 6.78. The van der Waals surface area contributed by atoms with Crippen LogP contribution in [0.1, 0.15) is 43.0 Å². The highest BCUT2D eigenvalue weighted by molar-refractivity contribution is 7.08. The van der Waals surface area contributed by atoms with E-state index in [2.05, 4.69) is 12.2 Å². The summed E-state index contributed by atoms with van der Waals surface area (Å²) in [5.41, 5.74) is 0.670. The summed E-state index contributed by atoms with van der Waals surface area (Å²) in [6.07, 6.45) is 3.78. The molecule has 5 heteroatoms. The van der Waals surface area contributed by atoms with Crippen molar-refractivity contribution in [3.8, 4) is 0 Å². The van der Waals surface area contributed by atoms with E-state index in [1.807, 2.05) is 15.7 Å². The number of amides is 2. The molecule has 0 radical (unpaired) electrons. The predicted molar refractivity (Wildman–Crippen MR) is 76.3 cm³/mol. The molecule has 0 aromatic carbocycles. The Morgan fingerprint density at radius 1 is 1.47 bits per heavy atom. The number of nitrogens with zero attached hydrogens (tertiary/aromatic N) is 1. The van der Waals surface area contributed by atoms with Crippen molar-refractivity contribution >= 4 is 23.2 Å². The first-order chi connectivity index (χ1) is 9.18. The Morgan fingerprint density at radius 2 is 2.32 bits per heavy atom. The van der Waals surface area contributed by atoms with Gasteiger partial charge in [-0.1, -0.05) is 0 Å². The molecule has 1 atom stereocenters. The zero-order valence-corrected chi connectivity index (χ0v) is 12.0. The van der Waals surface area contributed by atoms with Gasteiger partial charge in [0, 0.05) is 36.5 Å². The molecule has 1 aliphatic heterocycles. The molecule has 2 amide bonds. The van der Waals surface area contributed by atoms with E-state index in [-0.39, 0.29) is 11.8 Å². The summed E-state index contributed by atoms with van der Waals surface area (Å²) < 4.78 is 0. The maximum atomic E-state index is 12.1. The average Bonchev–Trinajstić information content (AvgIpc) is 2.93. The maximum Gasteiger partial charge on any atom is 0.252 e. The van der Waals surface area contributed by atoms with Crippen LogP contribution in [0.2, 0.25) is 0 Å². The highest BCUT2D eigenvalue weighted by atomic mass is 32.1. The van der Waals surface area contributed by atoms with Gasteiger partial charge in [0.2, 0.25) is 5.91 Å². The molecule has 4 nitrogen and oxygen atoms in total. The molecule has 1 aliphatic rings. The van der Waals surface area contributed by atoms with Crippen molar-refractivity contribution in [2.24, 2.45) is 0 Å². The third-order valence-corrected chi connectivity index (χ3v) is 4.21. The Hall–Kier alpha value is -1.36. The maximum absolute atomic E-state index is 12.1. The van der Waals surface area contributed by atoms with Crippen LogP contribution in [0, 0.1) is 0 Å². The fourth-order valence-electron chi connectivity index (χ4n) is 2.39. The summed E-state index contributed by atoms with van der Waals surface area (Å²) >= 11 is 1.49. The second-order valence-electron chi connectivity index (χ2n) is 4.95. The van der Waals surface area contributed by atoms with Gasteiger partial charge in [-0.25, -0.2) is 0 Å². The molecule has 2 heterocycles. The molecule has 0 aliphatic carbocycles. The van der Waals surface area contributed by atoms with E-state index in [0.717, 1.165) is 19.4 Å². The van der Waals surface area contributed by atoms with Gasteiger partial charge in [-0.2, -0.15) is 11.3 Å². The zero-order chi connectivity index (χ0) is 13.7. The number of likely N-dealkylation sites (tertiary alicyclic amines) is 1. The van der Waals surface area contributed by atoms with Crippen molar-refractivity contribution in [3.63, 3.8) is 0 Å². The van der Waals surface area contributed by atoms with Crippen LogP contribution in [0.4, 0.5) is 0 Å². The van der Waals surface area contributed by atoms with Crippen LogP contribution < -0.4 is 5.32 Å². The van der Waals surface area contributed by atoms with E-state index in [9.17, 15) is 9.59 Å². The molecule has 0 bridgehead atoms. The Morgan fingerprint density at radius 3 is 3.00 bits per heavy atom. The first kappa shape index (κ1) is 14.1. The molecule has 1 fully saturated rings. The molecule has 104 valence electrons. The summed E-state index contributed by atoms with van der Waals surface area (Å²) in [6, 6.07) is 2.13. The number of hydrogen-bond donors (Lipinski definition) is 1. The van der Waals surface area contributed by atoms with Crippen LogP contribution in [0.5, 0.6) is 0 Å². The van der Waals surface area contributed by atoms with Crippen LogP contribution >= 0.6 is 11.3 Å². The normalized spacial score (nSPS) is 19.2. The fourth-order valence-corrected chi connectivity index (χ4v) is 3.03. The van der Waals surface area contributed by atoms with Gasteiger partial charge in [0.25, 0.3) is 5.91 Å². The predicted octanol–water partition coefficient (Wildman–Crippen LogP) is 2.27. The van der Waals surface area contributed by atoms with Crippen molar-refractivity contribution in [1.29, 1.82) is 0 Å². The quantitative estimate of drug-likeness (QED) is 0.919. The number of carbonyl (C=O) groups excluding carboxylic acids is 2. The van der Waals surface area contributed by atoms with Gasteiger partial charge >= 0.3 is 0 Å². The second kappa shape index (κ2) is 6.70. The number of rotatable bonds is 4. The van der Waals surface area contributed by atoms with Gasteiger partial charge < -0.3 is 10.2 Å². The summed E-state index contributed by atoms with van der Waals surface area (Å²) in [5, 5.41) is 6.47. The molecular weight excluding hydrogens is 260 g/mol. The minimum Gasteiger partial charge on any atom is -0.351 e. The van der Waals surface area contributed by atoms with E-state index in [1.54, 1.807) is 6.07 Å². The SMILES string of the molecule is CC1CCCCN1C(=O)CCNC(=O)c1ccsc1. The van der Waals surface area contributed by atoms with E-state index in [0.29, 0.717) is 24.6 Å². The van der Waals surface area contributed by atoms with Crippen LogP contribution in [-0.4, -0.2) is 35.8 Å². The topological polar surface area (TPSA) is 49.4 Å². The highest BCUT2D eigenvalue weighted by Gasteiger charge is 2.22. The lowest BCUT2D eigenvalue weighted by Crippen LogP contribution is -2.43. The fraction of sp³-hybridized carbons (Fsp3) is 0.571. The second-order valence-corrected chi connectivity index (χ2v) is 5.73. The molecule has 1 saturated heterocycles. The minimum absolute atomic E-state index is 0.0965. The van der Waals surface area contributed by atoms with Crippen molar-refractivity contribution in [3.05, 3.63) is 22.4 Å². The summed E-state index contributed by atoms with van der Waals surface area (Å²) in [7, 11) is 0. The molecule has 1 N–H and O–H groups in total. The highest BCUT2D eigenvalue weighted by Crippen LogP contribution is 2.17. The van der Waals surface area contributed by atoms with E-state index >= 15 is 0 Å². The van der Waals surface area contributed by atoms with Gasteiger partial charge in [0.15, 0.2) is 0 Å². The van der Waals surface area contributed by atoms with E-state index in [4.69, 9.17) is 0 Å². The monoisotopic (exact) mass is 280 g/mol. The lowest BCUT2D eigenvalue weighted by Gasteiger charge is -2.33. The number of nitrogens with one attached hydrogen (secondary N) is 1. The Bertz CT molecular complexity index is 431. The number of thiophene rings is 1. The van der Waals surface area contributed by atoms with Gasteiger partial charge in [0.1, 0.15) is 0 Å². The van der Waals surface area contributed by atoms with Crippen molar-refractivity contribution in [1.82, 2.24) is 10.2 Å². The molecule has 1 unspecified atom stereocenters. The van der Waals surface area contributed by atoms with Crippen LogP contribution in [0.15, 0.2) is 16.8 Å². The van der Waals surface area contributed by atoms with Gasteiger partial charge in [0.05, 0.1) is 0 Å². The van der Waals surface area contributed by atoms with Crippen LogP contribution in [0.3, 0.4) is 0 Å². The summed E-state index contributed by atoms with van der Waals surface area (Å²) in [4.78, 5) is 25.7. The Balaban J connectivity index is 1.73. The van der Waals surface area contributed by atoms with Gasteiger partial charge in [-0.15, -0.1) is 0 Å². The molecular formula is C14H20N2O2S. The number of hydrogen-bond acceptors (Lipinski definition) is 3. The lowest BCUT2D eigenvalue weighted by atomic mass is 10.0. The third-order valence-electron chi connectivity index (χ3n) is 3.53. The van der Waals surface area contributed by atoms with Gasteiger partial charge in [-0.3, -0.25) is 9.59 Å². The first-order valence-corrected chi connectivity index (χ1v) is 7.72. The van der Waals surface area contributed by atoms with Crippen LogP contribution in [-0.2, 0) is 4.79 Å². The van der Waals surface area contributed by atoms with Crippen molar-refractivity contribution < 1.29 is 9.59 Å². The molecule has 0 spiro atoms. The van der Waals surface area contributed by atoms with Crippen molar-refractivity contribution in [2.75, 3.05) is 13.1 Å².